The van der Waals surface area contributed by atoms with Crippen molar-refractivity contribution in [2.45, 2.75) is 19.0 Å². The zero-order chi connectivity index (χ0) is 8.10. The van der Waals surface area contributed by atoms with Crippen LogP contribution in [0.5, 0.6) is 0 Å². The van der Waals surface area contributed by atoms with Gasteiger partial charge in [0, 0.05) is 0 Å². The van der Waals surface area contributed by atoms with Crippen LogP contribution in [-0.4, -0.2) is 9.13 Å². The van der Waals surface area contributed by atoms with E-state index < -0.39 is 9.13 Å². The van der Waals surface area contributed by atoms with Gasteiger partial charge in [0.25, 0.3) is 0 Å². The minimum atomic E-state index is -1.91. The lowest BCUT2D eigenvalue weighted by Crippen LogP contribution is -2.07. The third-order valence-electron chi connectivity index (χ3n) is 1.74. The molecule has 0 saturated heterocycles. The molecular formula is C9H13FSi. The lowest BCUT2D eigenvalue weighted by Gasteiger charge is -2.01. The summed E-state index contributed by atoms with van der Waals surface area (Å²) in [6.45, 7) is 1.93. The molecule has 0 fully saturated rings. The molecule has 1 aromatic rings. The first-order valence-corrected chi connectivity index (χ1v) is 6.08. The van der Waals surface area contributed by atoms with Crippen LogP contribution in [0.3, 0.4) is 0 Å². The van der Waals surface area contributed by atoms with E-state index in [9.17, 15) is 4.11 Å². The summed E-state index contributed by atoms with van der Waals surface area (Å²) in [4.78, 5) is 0. The number of hydrogen-bond acceptors (Lipinski definition) is 0. The molecule has 1 atom stereocenters. The summed E-state index contributed by atoms with van der Waals surface area (Å²) >= 11 is 0. The van der Waals surface area contributed by atoms with E-state index in [0.717, 1.165) is 11.6 Å². The van der Waals surface area contributed by atoms with E-state index in [1.807, 2.05) is 37.3 Å². The fourth-order valence-corrected chi connectivity index (χ4v) is 2.09. The molecule has 0 spiro atoms. The maximum absolute atomic E-state index is 13.0. The molecule has 0 aliphatic heterocycles. The highest BCUT2D eigenvalue weighted by molar-refractivity contribution is 6.50. The maximum atomic E-state index is 13.0. The van der Waals surface area contributed by atoms with Crippen LogP contribution in [0.4, 0.5) is 4.11 Å². The van der Waals surface area contributed by atoms with Gasteiger partial charge in [0.15, 0.2) is 0 Å². The van der Waals surface area contributed by atoms with E-state index in [0.29, 0.717) is 6.04 Å². The van der Waals surface area contributed by atoms with Gasteiger partial charge < -0.3 is 4.11 Å². The van der Waals surface area contributed by atoms with E-state index in [4.69, 9.17) is 0 Å². The second-order valence-corrected chi connectivity index (χ2v) is 5.11. The van der Waals surface area contributed by atoms with Gasteiger partial charge in [0.1, 0.15) is 0 Å². The first kappa shape index (κ1) is 8.46. The summed E-state index contributed by atoms with van der Waals surface area (Å²) in [7, 11) is -1.91. The molecule has 1 aromatic carbocycles. The van der Waals surface area contributed by atoms with Gasteiger partial charge in [-0.1, -0.05) is 37.3 Å². The third-order valence-corrected chi connectivity index (χ3v) is 3.54. The molecule has 0 aliphatic rings. The Morgan fingerprint density at radius 1 is 1.27 bits per heavy atom. The van der Waals surface area contributed by atoms with Crippen LogP contribution < -0.4 is 0 Å². The molecule has 0 bridgehead atoms. The zero-order valence-corrected chi connectivity index (χ0v) is 7.91. The van der Waals surface area contributed by atoms with Crippen LogP contribution >= 0.6 is 0 Å². The highest BCUT2D eigenvalue weighted by Crippen LogP contribution is 2.05. The number of halogens is 1. The van der Waals surface area contributed by atoms with E-state index in [-0.39, 0.29) is 0 Å². The summed E-state index contributed by atoms with van der Waals surface area (Å²) in [5.41, 5.74) is 1.15. The van der Waals surface area contributed by atoms with E-state index in [1.54, 1.807) is 0 Å². The number of benzene rings is 1. The van der Waals surface area contributed by atoms with Crippen LogP contribution in [0.1, 0.15) is 12.5 Å². The Morgan fingerprint density at radius 2 is 1.91 bits per heavy atom. The molecule has 2 heteroatoms. The van der Waals surface area contributed by atoms with Gasteiger partial charge in [0.05, 0.1) is 0 Å². The molecule has 0 heterocycles. The molecule has 0 aromatic heterocycles. The smallest absolute Gasteiger partial charge is 0.235 e. The Bertz CT molecular complexity index is 198. The lowest BCUT2D eigenvalue weighted by atomic mass is 10.2. The van der Waals surface area contributed by atoms with Gasteiger partial charge in [-0.25, -0.2) is 0 Å². The molecule has 1 unspecified atom stereocenters. The zero-order valence-electron chi connectivity index (χ0n) is 6.76. The summed E-state index contributed by atoms with van der Waals surface area (Å²) in [5.74, 6) is 0. The molecule has 1 rings (SSSR count). The first-order valence-electron chi connectivity index (χ1n) is 4.01. The maximum Gasteiger partial charge on any atom is 0.235 e. The van der Waals surface area contributed by atoms with Crippen molar-refractivity contribution in [1.82, 2.24) is 0 Å². The van der Waals surface area contributed by atoms with Crippen LogP contribution in [0.15, 0.2) is 30.3 Å². The second-order valence-electron chi connectivity index (χ2n) is 2.70. The Morgan fingerprint density at radius 3 is 2.45 bits per heavy atom. The molecule has 0 nitrogen and oxygen atoms in total. The van der Waals surface area contributed by atoms with Crippen LogP contribution in [-0.2, 0) is 6.04 Å². The molecular weight excluding hydrogens is 155 g/mol. The van der Waals surface area contributed by atoms with E-state index in [1.165, 1.54) is 0 Å². The minimum absolute atomic E-state index is 0.692. The monoisotopic (exact) mass is 168 g/mol. The van der Waals surface area contributed by atoms with Crippen molar-refractivity contribution in [3.63, 3.8) is 0 Å². The SMILES string of the molecule is CC[SiH](F)Cc1ccccc1. The average Bonchev–Trinajstić information content (AvgIpc) is 2.06. The highest BCUT2D eigenvalue weighted by Gasteiger charge is 2.06. The van der Waals surface area contributed by atoms with E-state index >= 15 is 0 Å². The number of hydrogen-bond donors (Lipinski definition) is 0. The van der Waals surface area contributed by atoms with Crippen molar-refractivity contribution in [1.29, 1.82) is 0 Å². The van der Waals surface area contributed by atoms with Crippen molar-refractivity contribution in [2.75, 3.05) is 0 Å². The largest absolute Gasteiger partial charge is 0.318 e. The molecule has 0 amide bonds. The normalized spacial score (nSPS) is 12.9. The van der Waals surface area contributed by atoms with Crippen LogP contribution in [0, 0.1) is 0 Å². The summed E-state index contributed by atoms with van der Waals surface area (Å²) in [5, 5.41) is 0. The first-order chi connectivity index (χ1) is 5.33. The number of rotatable bonds is 3. The van der Waals surface area contributed by atoms with Gasteiger partial charge in [-0.2, -0.15) is 0 Å². The minimum Gasteiger partial charge on any atom is -0.318 e. The van der Waals surface area contributed by atoms with Gasteiger partial charge in [0.2, 0.25) is 9.13 Å². The molecule has 0 aliphatic carbocycles. The summed E-state index contributed by atoms with van der Waals surface area (Å²) in [6.07, 6.45) is 0. The van der Waals surface area contributed by atoms with Crippen molar-refractivity contribution in [2.24, 2.45) is 0 Å². The predicted octanol–water partition coefficient (Wildman–Crippen LogP) is 2.48. The standard InChI is InChI=1S/C9H13FSi/c1-2-11(10)8-9-6-4-3-5-7-9/h3-7,11H,2,8H2,1H3. The Hall–Kier alpha value is -0.633. The van der Waals surface area contributed by atoms with Crippen molar-refractivity contribution < 1.29 is 4.11 Å². The molecule has 60 valence electrons. The Balaban J connectivity index is 2.51. The third kappa shape index (κ3) is 2.85. The second kappa shape index (κ2) is 4.29. The summed E-state index contributed by atoms with van der Waals surface area (Å²) in [6, 6.07) is 11.3. The highest BCUT2D eigenvalue weighted by atomic mass is 28.3. The molecule has 0 N–H and O–H groups in total. The fourth-order valence-electron chi connectivity index (χ4n) is 1.01. The van der Waals surface area contributed by atoms with Crippen LogP contribution in [0.2, 0.25) is 6.04 Å². The fraction of sp³-hybridized carbons (Fsp3) is 0.333. The Labute approximate surface area is 68.8 Å². The van der Waals surface area contributed by atoms with Gasteiger partial charge in [-0.05, 0) is 17.7 Å². The average molecular weight is 168 g/mol. The van der Waals surface area contributed by atoms with Crippen LogP contribution in [0.25, 0.3) is 0 Å². The van der Waals surface area contributed by atoms with Gasteiger partial charge >= 0.3 is 0 Å². The molecule has 11 heavy (non-hydrogen) atoms. The van der Waals surface area contributed by atoms with Crippen molar-refractivity contribution >= 4 is 9.13 Å². The lowest BCUT2D eigenvalue weighted by molar-refractivity contribution is 0.809. The predicted molar refractivity (Wildman–Crippen MR) is 48.9 cm³/mol. The van der Waals surface area contributed by atoms with Crippen molar-refractivity contribution in [3.8, 4) is 0 Å². The molecule has 0 radical (unpaired) electrons. The summed E-state index contributed by atoms with van der Waals surface area (Å²) < 4.78 is 13.0. The Kier molecular flexibility index (Phi) is 3.30. The quantitative estimate of drug-likeness (QED) is 0.480. The van der Waals surface area contributed by atoms with E-state index in [2.05, 4.69) is 0 Å². The topological polar surface area (TPSA) is 0 Å². The van der Waals surface area contributed by atoms with Gasteiger partial charge in [-0.15, -0.1) is 0 Å². The van der Waals surface area contributed by atoms with Gasteiger partial charge in [-0.3, -0.25) is 0 Å². The van der Waals surface area contributed by atoms with Crippen molar-refractivity contribution in [3.05, 3.63) is 35.9 Å². The molecule has 0 saturated carbocycles.